The van der Waals surface area contributed by atoms with E-state index in [0.717, 1.165) is 24.4 Å². The zero-order valence-electron chi connectivity index (χ0n) is 11.8. The number of aromatic carboxylic acids is 1. The van der Waals surface area contributed by atoms with Crippen LogP contribution in [0.1, 0.15) is 46.0 Å². The summed E-state index contributed by atoms with van der Waals surface area (Å²) in [5.41, 5.74) is -0.0482. The van der Waals surface area contributed by atoms with Crippen molar-refractivity contribution in [3.8, 4) is 0 Å². The number of hydrogen-bond donors (Lipinski definition) is 1. The average Bonchev–Trinajstić information content (AvgIpc) is 3.18. The van der Waals surface area contributed by atoms with E-state index >= 15 is 0 Å². The molecule has 3 rings (SSSR count). The highest BCUT2D eigenvalue weighted by Crippen LogP contribution is 2.24. The number of piperazine rings is 1. The lowest BCUT2D eigenvalue weighted by Gasteiger charge is -2.37. The van der Waals surface area contributed by atoms with E-state index in [9.17, 15) is 9.59 Å². The molecule has 1 saturated heterocycles. The second kappa shape index (κ2) is 6.11. The summed E-state index contributed by atoms with van der Waals surface area (Å²) in [5, 5.41) is 10.6. The van der Waals surface area contributed by atoms with Crippen molar-refractivity contribution in [2.45, 2.75) is 31.7 Å². The van der Waals surface area contributed by atoms with E-state index in [1.165, 1.54) is 31.1 Å². The summed E-state index contributed by atoms with van der Waals surface area (Å²) < 4.78 is 0. The van der Waals surface area contributed by atoms with Crippen molar-refractivity contribution in [2.24, 2.45) is 0 Å². The Bertz CT molecular complexity index is 531. The molecule has 7 heteroatoms. The predicted molar refractivity (Wildman–Crippen MR) is 78.8 cm³/mol. The van der Waals surface area contributed by atoms with E-state index in [4.69, 9.17) is 5.11 Å². The number of carboxylic acid groups (broad SMARTS) is 1. The van der Waals surface area contributed by atoms with Crippen LogP contribution in [0, 0.1) is 0 Å². The van der Waals surface area contributed by atoms with Gasteiger partial charge in [0.2, 0.25) is 0 Å². The Morgan fingerprint density at radius 2 is 1.86 bits per heavy atom. The zero-order chi connectivity index (χ0) is 14.8. The summed E-state index contributed by atoms with van der Waals surface area (Å²) in [6, 6.07) is 0.695. The highest BCUT2D eigenvalue weighted by atomic mass is 32.1. The number of aromatic nitrogens is 1. The molecule has 1 N–H and O–H groups in total. The largest absolute Gasteiger partial charge is 0.476 e. The third-order valence-corrected chi connectivity index (χ3v) is 5.18. The monoisotopic (exact) mass is 309 g/mol. The van der Waals surface area contributed by atoms with Gasteiger partial charge >= 0.3 is 5.97 Å². The lowest BCUT2D eigenvalue weighted by atomic mass is 10.2. The quantitative estimate of drug-likeness (QED) is 0.917. The van der Waals surface area contributed by atoms with Crippen LogP contribution in [0.4, 0.5) is 0 Å². The molecule has 2 heterocycles. The van der Waals surface area contributed by atoms with Crippen molar-refractivity contribution < 1.29 is 14.7 Å². The number of thiazole rings is 1. The van der Waals surface area contributed by atoms with Crippen LogP contribution in [-0.4, -0.2) is 64.0 Å². The summed E-state index contributed by atoms with van der Waals surface area (Å²) >= 11 is 1.11. The fourth-order valence-electron chi connectivity index (χ4n) is 3.17. The van der Waals surface area contributed by atoms with Gasteiger partial charge in [-0.05, 0) is 12.8 Å². The molecule has 1 aromatic rings. The van der Waals surface area contributed by atoms with Gasteiger partial charge < -0.3 is 10.0 Å². The standard InChI is InChI=1S/C14H19N3O3S/c18-13(12-15-11(9-21-12)14(19)20)17-7-5-16(6-8-17)10-3-1-2-4-10/h9-10H,1-8H2,(H,19,20). The molecule has 1 aliphatic carbocycles. The van der Waals surface area contributed by atoms with Gasteiger partial charge in [-0.3, -0.25) is 9.69 Å². The highest BCUT2D eigenvalue weighted by molar-refractivity contribution is 7.11. The summed E-state index contributed by atoms with van der Waals surface area (Å²) in [6.45, 7) is 3.23. The first-order chi connectivity index (χ1) is 10.1. The lowest BCUT2D eigenvalue weighted by molar-refractivity contribution is 0.0573. The molecule has 0 aromatic carbocycles. The SMILES string of the molecule is O=C(O)c1csc(C(=O)N2CCN(C3CCCC3)CC2)n1. The summed E-state index contributed by atoms with van der Waals surface area (Å²) in [7, 11) is 0. The fourth-order valence-corrected chi connectivity index (χ4v) is 3.92. The number of nitrogens with zero attached hydrogens (tertiary/aromatic N) is 3. The first-order valence-corrected chi connectivity index (χ1v) is 8.25. The van der Waals surface area contributed by atoms with Crippen molar-refractivity contribution in [3.05, 3.63) is 16.1 Å². The van der Waals surface area contributed by atoms with Crippen molar-refractivity contribution in [1.82, 2.24) is 14.8 Å². The van der Waals surface area contributed by atoms with E-state index in [-0.39, 0.29) is 16.6 Å². The van der Waals surface area contributed by atoms with Gasteiger partial charge in [0.15, 0.2) is 10.7 Å². The van der Waals surface area contributed by atoms with Gasteiger partial charge in [-0.2, -0.15) is 0 Å². The third-order valence-electron chi connectivity index (χ3n) is 4.35. The molecule has 0 unspecified atom stereocenters. The van der Waals surface area contributed by atoms with Crippen LogP contribution in [0.25, 0.3) is 0 Å². The Hall–Kier alpha value is -1.47. The summed E-state index contributed by atoms with van der Waals surface area (Å²) in [5.74, 6) is -1.23. The van der Waals surface area contributed by atoms with Crippen LogP contribution < -0.4 is 0 Å². The van der Waals surface area contributed by atoms with Crippen molar-refractivity contribution >= 4 is 23.2 Å². The molecule has 0 spiro atoms. The maximum absolute atomic E-state index is 12.3. The van der Waals surface area contributed by atoms with Crippen LogP contribution in [0.15, 0.2) is 5.38 Å². The second-order valence-electron chi connectivity index (χ2n) is 5.61. The first kappa shape index (κ1) is 14.5. The molecule has 2 aliphatic rings. The molecular weight excluding hydrogens is 290 g/mol. The number of amides is 1. The molecular formula is C14H19N3O3S. The van der Waals surface area contributed by atoms with Crippen LogP contribution in [0.3, 0.4) is 0 Å². The number of carbonyl (C=O) groups excluding carboxylic acids is 1. The smallest absolute Gasteiger partial charge is 0.355 e. The average molecular weight is 309 g/mol. The van der Waals surface area contributed by atoms with E-state index < -0.39 is 5.97 Å². The summed E-state index contributed by atoms with van der Waals surface area (Å²) in [4.78, 5) is 31.3. The second-order valence-corrected chi connectivity index (χ2v) is 6.47. The number of rotatable bonds is 3. The number of carbonyl (C=O) groups is 2. The van der Waals surface area contributed by atoms with Gasteiger partial charge in [0.1, 0.15) is 0 Å². The first-order valence-electron chi connectivity index (χ1n) is 7.37. The molecule has 0 radical (unpaired) electrons. The van der Waals surface area contributed by atoms with E-state index in [1.807, 2.05) is 0 Å². The maximum Gasteiger partial charge on any atom is 0.355 e. The van der Waals surface area contributed by atoms with Gasteiger partial charge in [0.05, 0.1) is 0 Å². The number of hydrogen-bond acceptors (Lipinski definition) is 5. The van der Waals surface area contributed by atoms with Crippen LogP contribution in [0.5, 0.6) is 0 Å². The van der Waals surface area contributed by atoms with Crippen molar-refractivity contribution in [2.75, 3.05) is 26.2 Å². The minimum Gasteiger partial charge on any atom is -0.476 e. The normalized spacial score (nSPS) is 20.9. The Labute approximate surface area is 127 Å². The third kappa shape index (κ3) is 3.08. The summed E-state index contributed by atoms with van der Waals surface area (Å²) in [6.07, 6.45) is 5.20. The van der Waals surface area contributed by atoms with Gasteiger partial charge in [0, 0.05) is 37.6 Å². The van der Waals surface area contributed by atoms with Gasteiger partial charge in [-0.1, -0.05) is 12.8 Å². The Morgan fingerprint density at radius 1 is 1.19 bits per heavy atom. The fraction of sp³-hybridized carbons (Fsp3) is 0.643. The van der Waals surface area contributed by atoms with E-state index in [1.54, 1.807) is 4.90 Å². The van der Waals surface area contributed by atoms with Gasteiger partial charge in [0.25, 0.3) is 5.91 Å². The van der Waals surface area contributed by atoms with Crippen LogP contribution >= 0.6 is 11.3 Å². The molecule has 6 nitrogen and oxygen atoms in total. The molecule has 1 saturated carbocycles. The van der Waals surface area contributed by atoms with E-state index in [0.29, 0.717) is 19.1 Å². The topological polar surface area (TPSA) is 73.7 Å². The highest BCUT2D eigenvalue weighted by Gasteiger charge is 2.29. The maximum atomic E-state index is 12.3. The Kier molecular flexibility index (Phi) is 4.21. The molecule has 1 amide bonds. The molecule has 0 atom stereocenters. The van der Waals surface area contributed by atoms with E-state index in [2.05, 4.69) is 9.88 Å². The Balaban J connectivity index is 1.58. The molecule has 1 aliphatic heterocycles. The molecule has 21 heavy (non-hydrogen) atoms. The minimum atomic E-state index is -1.09. The predicted octanol–water partition coefficient (Wildman–Crippen LogP) is 1.54. The van der Waals surface area contributed by atoms with Crippen LogP contribution in [-0.2, 0) is 0 Å². The number of carboxylic acids is 1. The molecule has 1 aromatic heterocycles. The minimum absolute atomic E-state index is 0.0482. The van der Waals surface area contributed by atoms with Crippen LogP contribution in [0.2, 0.25) is 0 Å². The molecule has 114 valence electrons. The lowest BCUT2D eigenvalue weighted by Crippen LogP contribution is -2.51. The van der Waals surface area contributed by atoms with Crippen molar-refractivity contribution in [3.63, 3.8) is 0 Å². The van der Waals surface area contributed by atoms with Crippen molar-refractivity contribution in [1.29, 1.82) is 0 Å². The van der Waals surface area contributed by atoms with Gasteiger partial charge in [-0.25, -0.2) is 9.78 Å². The molecule has 2 fully saturated rings. The molecule has 0 bridgehead atoms. The zero-order valence-corrected chi connectivity index (χ0v) is 12.6. The Morgan fingerprint density at radius 3 is 2.43 bits per heavy atom. The van der Waals surface area contributed by atoms with Gasteiger partial charge in [-0.15, -0.1) is 11.3 Å².